The van der Waals surface area contributed by atoms with Crippen molar-refractivity contribution in [3.63, 3.8) is 0 Å². The van der Waals surface area contributed by atoms with Gasteiger partial charge in [-0.3, -0.25) is 9.59 Å². The van der Waals surface area contributed by atoms with Crippen LogP contribution in [0.15, 0.2) is 35.1 Å². The van der Waals surface area contributed by atoms with E-state index < -0.39 is 5.54 Å². The molecule has 1 aromatic carbocycles. The van der Waals surface area contributed by atoms with E-state index in [2.05, 4.69) is 10.3 Å². The predicted molar refractivity (Wildman–Crippen MR) is 91.7 cm³/mol. The minimum atomic E-state index is -0.410. The van der Waals surface area contributed by atoms with Crippen molar-refractivity contribution in [3.05, 3.63) is 46.2 Å². The number of nitrogens with one attached hydrogen (secondary N) is 2. The molecule has 22 heavy (non-hydrogen) atoms. The Bertz CT molecular complexity index is 708. The number of pyridine rings is 1. The molecule has 0 bridgehead atoms. The van der Waals surface area contributed by atoms with Crippen LogP contribution in [0.25, 0.3) is 10.9 Å². The number of nitrogens with two attached hydrogens (primary N) is 1. The number of aromatic amines is 1. The highest BCUT2D eigenvalue weighted by molar-refractivity contribution is 6.05. The predicted octanol–water partition coefficient (Wildman–Crippen LogP) is 2.20. The lowest BCUT2D eigenvalue weighted by Gasteiger charge is -2.26. The van der Waals surface area contributed by atoms with Crippen LogP contribution in [0.3, 0.4) is 0 Å². The molecule has 0 saturated carbocycles. The largest absolute Gasteiger partial charge is 0.350 e. The quantitative estimate of drug-likeness (QED) is 0.788. The van der Waals surface area contributed by atoms with E-state index in [0.29, 0.717) is 17.6 Å². The first-order chi connectivity index (χ1) is 9.99. The minimum Gasteiger partial charge on any atom is -0.350 e. The van der Waals surface area contributed by atoms with Gasteiger partial charge in [0.05, 0.1) is 5.56 Å². The Balaban J connectivity index is 0.00000242. The number of aromatic nitrogens is 1. The summed E-state index contributed by atoms with van der Waals surface area (Å²) in [6, 6.07) is 8.57. The van der Waals surface area contributed by atoms with Gasteiger partial charge in [0.2, 0.25) is 5.56 Å². The van der Waals surface area contributed by atoms with Crippen LogP contribution in [0.5, 0.6) is 0 Å². The van der Waals surface area contributed by atoms with Gasteiger partial charge in [0.15, 0.2) is 0 Å². The summed E-state index contributed by atoms with van der Waals surface area (Å²) in [5.41, 5.74) is 6.52. The minimum absolute atomic E-state index is 0. The lowest BCUT2D eigenvalue weighted by molar-refractivity contribution is 0.0943. The number of carbonyl (C=O) groups is 1. The highest BCUT2D eigenvalue weighted by Gasteiger charge is 2.21. The van der Waals surface area contributed by atoms with Crippen molar-refractivity contribution in [1.29, 1.82) is 0 Å². The molecule has 0 saturated heterocycles. The Hall–Kier alpha value is -1.85. The summed E-state index contributed by atoms with van der Waals surface area (Å²) in [6.07, 6.45) is 1.56. The summed E-state index contributed by atoms with van der Waals surface area (Å²) in [7, 11) is 0. The fourth-order valence-corrected chi connectivity index (χ4v) is 2.24. The van der Waals surface area contributed by atoms with Crippen LogP contribution >= 0.6 is 12.4 Å². The van der Waals surface area contributed by atoms with Crippen LogP contribution in [-0.2, 0) is 0 Å². The molecule has 2 aromatic rings. The van der Waals surface area contributed by atoms with E-state index in [9.17, 15) is 9.59 Å². The zero-order chi connectivity index (χ0) is 15.5. The van der Waals surface area contributed by atoms with Crippen molar-refractivity contribution in [2.45, 2.75) is 32.2 Å². The zero-order valence-corrected chi connectivity index (χ0v) is 13.6. The number of para-hydroxylation sites is 1. The number of rotatable bonds is 5. The molecular formula is C16H22ClN3O2. The van der Waals surface area contributed by atoms with Gasteiger partial charge >= 0.3 is 0 Å². The number of benzene rings is 1. The van der Waals surface area contributed by atoms with Crippen molar-refractivity contribution < 1.29 is 4.79 Å². The summed E-state index contributed by atoms with van der Waals surface area (Å²) < 4.78 is 0. The van der Waals surface area contributed by atoms with E-state index >= 15 is 0 Å². The van der Waals surface area contributed by atoms with E-state index in [4.69, 9.17) is 5.73 Å². The van der Waals surface area contributed by atoms with Gasteiger partial charge in [-0.25, -0.2) is 0 Å². The number of amides is 1. The van der Waals surface area contributed by atoms with Crippen molar-refractivity contribution in [1.82, 2.24) is 10.3 Å². The fraction of sp³-hybridized carbons (Fsp3) is 0.375. The monoisotopic (exact) mass is 323 g/mol. The highest BCUT2D eigenvalue weighted by atomic mass is 35.5. The lowest BCUT2D eigenvalue weighted by atomic mass is 9.94. The molecule has 1 aromatic heterocycles. The van der Waals surface area contributed by atoms with Crippen LogP contribution in [0.4, 0.5) is 0 Å². The Morgan fingerprint density at radius 1 is 1.27 bits per heavy atom. The van der Waals surface area contributed by atoms with Crippen molar-refractivity contribution >= 4 is 29.2 Å². The number of hydrogen-bond acceptors (Lipinski definition) is 3. The molecule has 0 aliphatic heterocycles. The highest BCUT2D eigenvalue weighted by Crippen LogP contribution is 2.15. The third-order valence-corrected chi connectivity index (χ3v) is 4.00. The van der Waals surface area contributed by atoms with Crippen LogP contribution in [-0.4, -0.2) is 23.0 Å². The number of H-pyrrole nitrogens is 1. The molecule has 1 heterocycles. The number of carbonyl (C=O) groups excluding carboxylic acids is 1. The topological polar surface area (TPSA) is 88.0 Å². The van der Waals surface area contributed by atoms with Gasteiger partial charge in [0.1, 0.15) is 0 Å². The second kappa shape index (κ2) is 7.42. The summed E-state index contributed by atoms with van der Waals surface area (Å²) in [5.74, 6) is -0.269. The Morgan fingerprint density at radius 3 is 2.55 bits per heavy atom. The molecule has 0 fully saturated rings. The smallest absolute Gasteiger partial charge is 0.252 e. The molecule has 4 N–H and O–H groups in total. The average molecular weight is 324 g/mol. The SMILES string of the molecule is CCC(N)(CC)CNC(=O)c1cc(=O)[nH]c2ccccc12.Cl. The van der Waals surface area contributed by atoms with Crippen LogP contribution < -0.4 is 16.6 Å². The maximum atomic E-state index is 12.4. The van der Waals surface area contributed by atoms with Crippen LogP contribution in [0, 0.1) is 0 Å². The van der Waals surface area contributed by atoms with E-state index in [0.717, 1.165) is 18.2 Å². The van der Waals surface area contributed by atoms with E-state index in [1.54, 1.807) is 6.07 Å². The number of hydrogen-bond donors (Lipinski definition) is 3. The van der Waals surface area contributed by atoms with Gasteiger partial charge < -0.3 is 16.0 Å². The van der Waals surface area contributed by atoms with Gasteiger partial charge in [0.25, 0.3) is 5.91 Å². The molecule has 2 rings (SSSR count). The average Bonchev–Trinajstić information content (AvgIpc) is 2.51. The number of halogens is 1. The zero-order valence-electron chi connectivity index (χ0n) is 12.8. The summed E-state index contributed by atoms with van der Waals surface area (Å²) in [6.45, 7) is 4.39. The van der Waals surface area contributed by atoms with Gasteiger partial charge in [-0.15, -0.1) is 12.4 Å². The third-order valence-electron chi connectivity index (χ3n) is 4.00. The van der Waals surface area contributed by atoms with Gasteiger partial charge in [-0.05, 0) is 18.9 Å². The maximum Gasteiger partial charge on any atom is 0.252 e. The van der Waals surface area contributed by atoms with Gasteiger partial charge in [0, 0.05) is 29.1 Å². The molecule has 0 radical (unpaired) electrons. The van der Waals surface area contributed by atoms with Crippen LogP contribution in [0.1, 0.15) is 37.0 Å². The van der Waals surface area contributed by atoms with Crippen LogP contribution in [0.2, 0.25) is 0 Å². The standard InChI is InChI=1S/C16H21N3O2.ClH/c1-3-16(17,4-2)10-18-15(21)12-9-14(20)19-13-8-6-5-7-11(12)13;/h5-9H,3-4,10,17H2,1-2H3,(H,18,21)(H,19,20);1H. The molecule has 0 unspecified atom stereocenters. The van der Waals surface area contributed by atoms with E-state index in [-0.39, 0.29) is 23.9 Å². The molecule has 5 nitrogen and oxygen atoms in total. The fourth-order valence-electron chi connectivity index (χ4n) is 2.24. The number of fused-ring (bicyclic) bond motifs is 1. The first kappa shape index (κ1) is 18.2. The van der Waals surface area contributed by atoms with Gasteiger partial charge in [-0.2, -0.15) is 0 Å². The van der Waals surface area contributed by atoms with Crippen molar-refractivity contribution in [2.24, 2.45) is 5.73 Å². The summed E-state index contributed by atoms with van der Waals surface area (Å²) >= 11 is 0. The first-order valence-corrected chi connectivity index (χ1v) is 7.18. The first-order valence-electron chi connectivity index (χ1n) is 7.18. The van der Waals surface area contributed by atoms with E-state index in [1.165, 1.54) is 6.07 Å². The van der Waals surface area contributed by atoms with E-state index in [1.807, 2.05) is 32.0 Å². The van der Waals surface area contributed by atoms with Crippen molar-refractivity contribution in [2.75, 3.05) is 6.54 Å². The summed E-state index contributed by atoms with van der Waals surface area (Å²) in [5, 5.41) is 3.57. The normalized spacial score (nSPS) is 11.0. The second-order valence-corrected chi connectivity index (χ2v) is 5.35. The third kappa shape index (κ3) is 3.87. The Morgan fingerprint density at radius 2 is 1.91 bits per heavy atom. The summed E-state index contributed by atoms with van der Waals surface area (Å²) in [4.78, 5) is 26.8. The molecule has 0 spiro atoms. The molecule has 1 amide bonds. The molecule has 6 heteroatoms. The van der Waals surface area contributed by atoms with Gasteiger partial charge in [-0.1, -0.05) is 32.0 Å². The second-order valence-electron chi connectivity index (χ2n) is 5.35. The Labute approximate surface area is 135 Å². The maximum absolute atomic E-state index is 12.4. The Kier molecular flexibility index (Phi) is 6.14. The molecule has 0 aliphatic rings. The van der Waals surface area contributed by atoms with Crippen molar-refractivity contribution in [3.8, 4) is 0 Å². The lowest BCUT2D eigenvalue weighted by Crippen LogP contribution is -2.49. The molecule has 0 aliphatic carbocycles. The molecule has 120 valence electrons. The molecular weight excluding hydrogens is 302 g/mol. The molecule has 0 atom stereocenters.